The van der Waals surface area contributed by atoms with Crippen LogP contribution in [-0.2, 0) is 19.2 Å². The molecule has 1 aromatic rings. The summed E-state index contributed by atoms with van der Waals surface area (Å²) in [6, 6.07) is 3.13. The van der Waals surface area contributed by atoms with Crippen molar-refractivity contribution in [1.29, 1.82) is 0 Å². The highest BCUT2D eigenvalue weighted by Gasteiger charge is 2.52. The minimum atomic E-state index is -4.59. The number of fused-ring (bicyclic) bond motifs is 1. The van der Waals surface area contributed by atoms with Crippen LogP contribution in [-0.4, -0.2) is 45.6 Å². The summed E-state index contributed by atoms with van der Waals surface area (Å²) in [7, 11) is 0. The first kappa shape index (κ1) is 22.6. The van der Waals surface area contributed by atoms with E-state index in [1.807, 2.05) is 0 Å². The fraction of sp³-hybridized carbons (Fsp3) is 0.412. The summed E-state index contributed by atoms with van der Waals surface area (Å²) >= 11 is 0. The Bertz CT molecular complexity index is 960. The average Bonchev–Trinajstić information content (AvgIpc) is 2.61. The van der Waals surface area contributed by atoms with E-state index in [1.54, 1.807) is 10.6 Å². The van der Waals surface area contributed by atoms with Crippen molar-refractivity contribution in [2.75, 3.05) is 10.6 Å². The highest BCUT2D eigenvalue weighted by Crippen LogP contribution is 2.29. The summed E-state index contributed by atoms with van der Waals surface area (Å²) in [5.74, 6) is -10.7. The Morgan fingerprint density at radius 3 is 1.67 bits per heavy atom. The van der Waals surface area contributed by atoms with E-state index in [4.69, 9.17) is 0 Å². The largest absolute Gasteiger partial charge is 0.400 e. The van der Waals surface area contributed by atoms with E-state index in [-0.39, 0.29) is 11.4 Å². The lowest BCUT2D eigenvalue weighted by Gasteiger charge is -2.28. The zero-order chi connectivity index (χ0) is 23.1. The molecule has 0 atom stereocenters. The SMILES string of the molecule is CC1(C)NC(=O)C(F)(F)C(=O)NC(C)(C)C(=O)Nc2cc([N+](=O)[O-])ccc2NC1=O. The maximum Gasteiger partial charge on any atom is 0.400 e. The van der Waals surface area contributed by atoms with Crippen molar-refractivity contribution in [3.63, 3.8) is 0 Å². The third-order valence-electron chi connectivity index (χ3n) is 4.27. The quantitative estimate of drug-likeness (QED) is 0.296. The number of rotatable bonds is 1. The molecule has 0 fully saturated rings. The molecule has 0 unspecified atom stereocenters. The van der Waals surface area contributed by atoms with Crippen LogP contribution in [0.3, 0.4) is 0 Å². The van der Waals surface area contributed by atoms with Gasteiger partial charge in [-0.3, -0.25) is 29.3 Å². The average molecular weight is 427 g/mol. The molecule has 0 bridgehead atoms. The Morgan fingerprint density at radius 1 is 0.800 bits per heavy atom. The fourth-order valence-electron chi connectivity index (χ4n) is 2.36. The number of carbonyl (C=O) groups is 4. The number of non-ortho nitro benzene ring substituents is 1. The van der Waals surface area contributed by atoms with Gasteiger partial charge in [0.25, 0.3) is 5.69 Å². The van der Waals surface area contributed by atoms with Gasteiger partial charge in [0.2, 0.25) is 11.8 Å². The van der Waals surface area contributed by atoms with Crippen LogP contribution in [0.2, 0.25) is 0 Å². The Morgan fingerprint density at radius 2 is 1.23 bits per heavy atom. The van der Waals surface area contributed by atoms with Crippen molar-refractivity contribution < 1.29 is 32.9 Å². The molecule has 0 spiro atoms. The number of nitro groups is 1. The number of alkyl halides is 2. The molecule has 1 aliphatic heterocycles. The molecule has 2 rings (SSSR count). The number of halogens is 2. The monoisotopic (exact) mass is 427 g/mol. The van der Waals surface area contributed by atoms with Gasteiger partial charge in [-0.25, -0.2) is 0 Å². The van der Waals surface area contributed by atoms with Crippen LogP contribution in [0, 0.1) is 10.1 Å². The van der Waals surface area contributed by atoms with Crippen LogP contribution in [0.5, 0.6) is 0 Å². The van der Waals surface area contributed by atoms with Crippen LogP contribution in [0.4, 0.5) is 25.8 Å². The highest BCUT2D eigenvalue weighted by molar-refractivity contribution is 6.12. The van der Waals surface area contributed by atoms with E-state index >= 15 is 0 Å². The second kappa shape index (κ2) is 7.31. The lowest BCUT2D eigenvalue weighted by Crippen LogP contribution is -2.63. The summed E-state index contributed by atoms with van der Waals surface area (Å²) in [6.07, 6.45) is 0. The lowest BCUT2D eigenvalue weighted by molar-refractivity contribution is -0.384. The Labute approximate surface area is 168 Å². The molecule has 4 amide bonds. The predicted molar refractivity (Wildman–Crippen MR) is 99.7 cm³/mol. The van der Waals surface area contributed by atoms with Gasteiger partial charge in [-0.2, -0.15) is 8.78 Å². The van der Waals surface area contributed by atoms with Gasteiger partial charge in [-0.15, -0.1) is 0 Å². The number of nitrogens with zero attached hydrogens (tertiary/aromatic N) is 1. The van der Waals surface area contributed by atoms with E-state index in [9.17, 15) is 38.1 Å². The van der Waals surface area contributed by atoms with Crippen LogP contribution < -0.4 is 21.3 Å². The highest BCUT2D eigenvalue weighted by atomic mass is 19.3. The molecule has 0 saturated heterocycles. The van der Waals surface area contributed by atoms with Crippen LogP contribution >= 0.6 is 0 Å². The second-order valence-corrected chi connectivity index (χ2v) is 7.63. The molecule has 13 heteroatoms. The predicted octanol–water partition coefficient (Wildman–Crippen LogP) is 0.910. The third kappa shape index (κ3) is 4.34. The summed E-state index contributed by atoms with van der Waals surface area (Å²) in [4.78, 5) is 59.4. The number of benzene rings is 1. The van der Waals surface area contributed by atoms with Gasteiger partial charge in [0.05, 0.1) is 16.3 Å². The molecule has 1 heterocycles. The summed E-state index contributed by atoms with van der Waals surface area (Å²) in [5, 5.41) is 19.2. The van der Waals surface area contributed by atoms with E-state index in [0.29, 0.717) is 0 Å². The van der Waals surface area contributed by atoms with Gasteiger partial charge in [0, 0.05) is 12.1 Å². The molecule has 0 aromatic heterocycles. The minimum absolute atomic E-state index is 0.0885. The van der Waals surface area contributed by atoms with Gasteiger partial charge in [-0.1, -0.05) is 0 Å². The first-order valence-corrected chi connectivity index (χ1v) is 8.52. The zero-order valence-electron chi connectivity index (χ0n) is 16.4. The third-order valence-corrected chi connectivity index (χ3v) is 4.27. The smallest absolute Gasteiger partial charge is 0.336 e. The molecule has 162 valence electrons. The molecule has 0 aliphatic carbocycles. The second-order valence-electron chi connectivity index (χ2n) is 7.63. The maximum atomic E-state index is 14.3. The molecular weight excluding hydrogens is 408 g/mol. The van der Waals surface area contributed by atoms with Crippen LogP contribution in [0.25, 0.3) is 0 Å². The van der Waals surface area contributed by atoms with Crippen molar-refractivity contribution in [2.24, 2.45) is 0 Å². The molecule has 0 saturated carbocycles. The summed E-state index contributed by atoms with van der Waals surface area (Å²) in [6.45, 7) is 4.41. The number of amides is 4. The fourth-order valence-corrected chi connectivity index (χ4v) is 2.36. The lowest BCUT2D eigenvalue weighted by atomic mass is 10.0. The number of nitro benzene ring substituents is 1. The van der Waals surface area contributed by atoms with E-state index in [2.05, 4.69) is 10.6 Å². The Kier molecular flexibility index (Phi) is 5.52. The number of carbonyl (C=O) groups excluding carboxylic acids is 4. The van der Waals surface area contributed by atoms with Gasteiger partial charge >= 0.3 is 17.7 Å². The van der Waals surface area contributed by atoms with E-state index in [0.717, 1.165) is 45.9 Å². The molecule has 0 radical (unpaired) electrons. The van der Waals surface area contributed by atoms with Crippen molar-refractivity contribution in [3.05, 3.63) is 28.3 Å². The van der Waals surface area contributed by atoms with Gasteiger partial charge in [-0.05, 0) is 33.8 Å². The zero-order valence-corrected chi connectivity index (χ0v) is 16.4. The maximum absolute atomic E-state index is 14.3. The van der Waals surface area contributed by atoms with Gasteiger partial charge in [0.1, 0.15) is 11.1 Å². The molecular formula is C17H19F2N5O6. The number of anilines is 2. The van der Waals surface area contributed by atoms with Crippen molar-refractivity contribution in [1.82, 2.24) is 10.6 Å². The normalized spacial score (nSPS) is 20.7. The Balaban J connectivity index is 2.62. The van der Waals surface area contributed by atoms with Gasteiger partial charge in [0.15, 0.2) is 0 Å². The molecule has 1 aromatic carbocycles. The van der Waals surface area contributed by atoms with E-state index in [1.165, 1.54) is 0 Å². The first-order chi connectivity index (χ1) is 13.6. The van der Waals surface area contributed by atoms with Crippen LogP contribution in [0.15, 0.2) is 18.2 Å². The first-order valence-electron chi connectivity index (χ1n) is 8.52. The summed E-state index contributed by atoms with van der Waals surface area (Å²) < 4.78 is 28.5. The molecule has 1 aliphatic rings. The minimum Gasteiger partial charge on any atom is -0.336 e. The Hall–Kier alpha value is -3.64. The van der Waals surface area contributed by atoms with Crippen molar-refractivity contribution in [2.45, 2.75) is 44.7 Å². The van der Waals surface area contributed by atoms with Crippen molar-refractivity contribution >= 4 is 40.7 Å². The van der Waals surface area contributed by atoms with Crippen LogP contribution in [0.1, 0.15) is 27.7 Å². The number of hydrogen-bond acceptors (Lipinski definition) is 6. The number of nitrogens with one attached hydrogen (secondary N) is 4. The summed E-state index contributed by atoms with van der Waals surface area (Å²) in [5.41, 5.74) is -4.58. The molecule has 11 nitrogen and oxygen atoms in total. The van der Waals surface area contributed by atoms with E-state index < -0.39 is 51.2 Å². The van der Waals surface area contributed by atoms with Crippen molar-refractivity contribution in [3.8, 4) is 0 Å². The molecule has 4 N–H and O–H groups in total. The topological polar surface area (TPSA) is 160 Å². The number of hydrogen-bond donors (Lipinski definition) is 4. The molecule has 30 heavy (non-hydrogen) atoms. The van der Waals surface area contributed by atoms with Gasteiger partial charge < -0.3 is 21.3 Å². The standard InChI is InChI=1S/C17H19F2N5O6/c1-15(2)11(25)20-9-6-5-8(24(29)30)7-10(9)21-12(26)16(3,4)23-14(28)17(18,19)13(27)22-15/h5-7H,1-4H3,(H,20,25)(H,21,26)(H,22,27)(H,23,28).